The quantitative estimate of drug-likeness (QED) is 0.204. The largest absolute Gasteiger partial charge is 0.497 e. The fourth-order valence-electron chi connectivity index (χ4n) is 4.92. The van der Waals surface area contributed by atoms with E-state index in [1.165, 1.54) is 25.7 Å². The lowest BCUT2D eigenvalue weighted by Crippen LogP contribution is -2.37. The fourth-order valence-corrected chi connectivity index (χ4v) is 5.39. The number of hydrogen-bond acceptors (Lipinski definition) is 2. The van der Waals surface area contributed by atoms with Crippen molar-refractivity contribution in [2.24, 2.45) is 5.92 Å². The summed E-state index contributed by atoms with van der Waals surface area (Å²) in [4.78, 5) is 0. The van der Waals surface area contributed by atoms with Crippen molar-refractivity contribution in [2.75, 3.05) is 7.11 Å². The van der Waals surface area contributed by atoms with E-state index in [1.54, 1.807) is 7.11 Å². The summed E-state index contributed by atoms with van der Waals surface area (Å²) in [5.41, 5.74) is 2.66. The molecule has 0 aromatic heterocycles. The van der Waals surface area contributed by atoms with Crippen LogP contribution in [0.15, 0.2) is 95.1 Å². The van der Waals surface area contributed by atoms with Crippen molar-refractivity contribution in [3.63, 3.8) is 0 Å². The van der Waals surface area contributed by atoms with Gasteiger partial charge in [0.2, 0.25) is 0 Å². The van der Waals surface area contributed by atoms with Gasteiger partial charge in [0, 0.05) is 0 Å². The monoisotopic (exact) mass is 538 g/mol. The van der Waals surface area contributed by atoms with Crippen LogP contribution in [0, 0.1) is 5.92 Å². The summed E-state index contributed by atoms with van der Waals surface area (Å²) in [6.45, 7) is 0. The first-order chi connectivity index (χ1) is 15.8. The molecule has 0 spiro atoms. The Hall–Kier alpha value is -2.11. The Morgan fingerprint density at radius 1 is 0.844 bits per heavy atom. The van der Waals surface area contributed by atoms with Crippen LogP contribution in [0.4, 0.5) is 0 Å². The van der Waals surface area contributed by atoms with Crippen molar-refractivity contribution in [1.82, 2.24) is 0 Å². The first-order valence-corrected chi connectivity index (χ1v) is 12.7. The molecule has 0 bridgehead atoms. The summed E-state index contributed by atoms with van der Waals surface area (Å²) in [6.07, 6.45) is 8.60. The van der Waals surface area contributed by atoms with Gasteiger partial charge in [-0.3, -0.25) is 0 Å². The molecule has 32 heavy (non-hydrogen) atoms. The molecule has 0 saturated heterocycles. The lowest BCUT2D eigenvalue weighted by Gasteiger charge is -2.39. The van der Waals surface area contributed by atoms with Crippen LogP contribution in [0.5, 0.6) is 5.75 Å². The zero-order valence-electron chi connectivity index (χ0n) is 18.6. The molecule has 4 rings (SSSR count). The van der Waals surface area contributed by atoms with Gasteiger partial charge in [0.1, 0.15) is 11.4 Å². The Morgan fingerprint density at radius 2 is 1.38 bits per heavy atom. The first-order valence-electron chi connectivity index (χ1n) is 11.5. The van der Waals surface area contributed by atoms with Crippen molar-refractivity contribution in [3.8, 4) is 5.75 Å². The molecule has 3 aromatic rings. The van der Waals surface area contributed by atoms with Crippen LogP contribution in [-0.2, 0) is 10.3 Å². The predicted octanol–water partition coefficient (Wildman–Crippen LogP) is 7.90. The highest BCUT2D eigenvalue weighted by molar-refractivity contribution is 14.1. The van der Waals surface area contributed by atoms with E-state index in [2.05, 4.69) is 106 Å². The molecule has 3 heteroatoms. The predicted molar refractivity (Wildman–Crippen MR) is 140 cm³/mol. The van der Waals surface area contributed by atoms with Crippen LogP contribution in [0.25, 0.3) is 0 Å². The Kier molecular flexibility index (Phi) is 8.04. The average Bonchev–Trinajstić information content (AvgIpc) is 3.37. The van der Waals surface area contributed by atoms with Crippen molar-refractivity contribution >= 4 is 22.6 Å². The van der Waals surface area contributed by atoms with Crippen LogP contribution in [0.2, 0.25) is 0 Å². The topological polar surface area (TPSA) is 18.5 Å². The Morgan fingerprint density at radius 3 is 1.88 bits per heavy atom. The molecule has 166 valence electrons. The summed E-state index contributed by atoms with van der Waals surface area (Å²) in [5.74, 6) is 1.58. The molecule has 3 aromatic carbocycles. The van der Waals surface area contributed by atoms with Crippen LogP contribution in [-0.4, -0.2) is 13.2 Å². The summed E-state index contributed by atoms with van der Waals surface area (Å²) in [6, 6.07) is 29.6. The molecule has 1 aliphatic carbocycles. The molecule has 0 heterocycles. The lowest BCUT2D eigenvalue weighted by molar-refractivity contribution is -0.0337. The van der Waals surface area contributed by atoms with E-state index in [4.69, 9.17) is 9.47 Å². The fraction of sp³-hybridized carbons (Fsp3) is 0.310. The third-order valence-corrected chi connectivity index (χ3v) is 6.93. The molecular weight excluding hydrogens is 507 g/mol. The number of methoxy groups -OCH3 is 1. The van der Waals surface area contributed by atoms with Gasteiger partial charge in [0.15, 0.2) is 0 Å². The third kappa shape index (κ3) is 5.10. The number of ether oxygens (including phenoxy) is 2. The number of hydrogen-bond donors (Lipinski definition) is 0. The normalized spacial score (nSPS) is 15.8. The first kappa shape index (κ1) is 23.1. The minimum absolute atomic E-state index is 0.0255. The second-order valence-corrected chi connectivity index (χ2v) is 9.22. The van der Waals surface area contributed by atoms with Gasteiger partial charge >= 0.3 is 0 Å². The summed E-state index contributed by atoms with van der Waals surface area (Å²) >= 11 is 2.32. The van der Waals surface area contributed by atoms with Crippen LogP contribution in [0.3, 0.4) is 0 Å². The molecule has 2 nitrogen and oxygen atoms in total. The number of halogens is 1. The third-order valence-electron chi connectivity index (χ3n) is 6.51. The van der Waals surface area contributed by atoms with Gasteiger partial charge in [0.05, 0.1) is 13.2 Å². The van der Waals surface area contributed by atoms with Gasteiger partial charge in [-0.05, 0) is 51.3 Å². The van der Waals surface area contributed by atoms with Gasteiger partial charge in [-0.15, -0.1) is 0 Å². The summed E-state index contributed by atoms with van der Waals surface area (Å²) < 4.78 is 14.8. The molecular formula is C29H31IO2. The lowest BCUT2D eigenvalue weighted by atomic mass is 9.79. The van der Waals surface area contributed by atoms with Gasteiger partial charge in [-0.25, -0.2) is 0 Å². The van der Waals surface area contributed by atoms with E-state index < -0.39 is 5.60 Å². The van der Waals surface area contributed by atoms with E-state index in [0.717, 1.165) is 34.8 Å². The van der Waals surface area contributed by atoms with Crippen LogP contribution >= 0.6 is 22.6 Å². The molecule has 0 aliphatic heterocycles. The Labute approximate surface area is 205 Å². The zero-order valence-corrected chi connectivity index (χ0v) is 20.8. The molecule has 1 atom stereocenters. The Bertz CT molecular complexity index is 937. The zero-order chi connectivity index (χ0) is 22.2. The minimum atomic E-state index is -0.714. The highest BCUT2D eigenvalue weighted by Gasteiger charge is 2.40. The number of rotatable bonds is 9. The van der Waals surface area contributed by atoms with Crippen molar-refractivity contribution in [3.05, 3.63) is 112 Å². The second-order valence-electron chi connectivity index (χ2n) is 8.50. The standard InChI is InChI=1S/C29H31IO2/c1-31-27-18-16-26(17-19-27)29(24-12-4-2-5-13-24,25-14-6-3-7-15-25)32-28(20-21-30)22-23-10-8-9-11-23/h2-7,12-21,23,28H,8-11,22H2,1H3/b21-20+. The molecule has 1 unspecified atom stereocenters. The molecule has 1 fully saturated rings. The number of benzene rings is 3. The van der Waals surface area contributed by atoms with Crippen molar-refractivity contribution < 1.29 is 9.47 Å². The minimum Gasteiger partial charge on any atom is -0.497 e. The smallest absolute Gasteiger partial charge is 0.144 e. The summed E-state index contributed by atoms with van der Waals surface area (Å²) in [5, 5.41) is 0. The van der Waals surface area contributed by atoms with E-state index >= 15 is 0 Å². The van der Waals surface area contributed by atoms with Gasteiger partial charge in [0.25, 0.3) is 0 Å². The maximum absolute atomic E-state index is 7.24. The van der Waals surface area contributed by atoms with Gasteiger partial charge < -0.3 is 9.47 Å². The van der Waals surface area contributed by atoms with Crippen molar-refractivity contribution in [1.29, 1.82) is 0 Å². The van der Waals surface area contributed by atoms with Gasteiger partial charge in [-0.1, -0.05) is 121 Å². The van der Waals surface area contributed by atoms with E-state index in [9.17, 15) is 0 Å². The highest BCUT2D eigenvalue weighted by atomic mass is 127. The van der Waals surface area contributed by atoms with E-state index in [1.807, 2.05) is 12.1 Å². The molecule has 0 amide bonds. The second kappa shape index (κ2) is 11.2. The molecule has 1 aliphatic rings. The van der Waals surface area contributed by atoms with Crippen LogP contribution in [0.1, 0.15) is 48.8 Å². The molecule has 0 N–H and O–H groups in total. The SMILES string of the molecule is COc1ccc(C(OC(/C=C/I)CC2CCCC2)(c2ccccc2)c2ccccc2)cc1. The van der Waals surface area contributed by atoms with Crippen LogP contribution < -0.4 is 4.74 Å². The van der Waals surface area contributed by atoms with E-state index in [0.29, 0.717) is 0 Å². The van der Waals surface area contributed by atoms with E-state index in [-0.39, 0.29) is 6.10 Å². The highest BCUT2D eigenvalue weighted by Crippen LogP contribution is 2.43. The summed E-state index contributed by atoms with van der Waals surface area (Å²) in [7, 11) is 1.70. The maximum Gasteiger partial charge on any atom is 0.144 e. The molecule has 1 saturated carbocycles. The molecule has 0 radical (unpaired) electrons. The Balaban J connectivity index is 1.86. The van der Waals surface area contributed by atoms with Gasteiger partial charge in [-0.2, -0.15) is 0 Å². The average molecular weight is 538 g/mol. The maximum atomic E-state index is 7.24. The van der Waals surface area contributed by atoms with Crippen molar-refractivity contribution in [2.45, 2.75) is 43.8 Å².